The van der Waals surface area contributed by atoms with Crippen LogP contribution in [0.1, 0.15) is 12.0 Å². The van der Waals surface area contributed by atoms with Crippen LogP contribution in [0.5, 0.6) is 5.75 Å². The second kappa shape index (κ2) is 7.23. The first-order valence-electron chi connectivity index (χ1n) is 7.15. The number of hydrogen-bond acceptors (Lipinski definition) is 3. The van der Waals surface area contributed by atoms with Crippen LogP contribution in [0.25, 0.3) is 0 Å². The molecule has 1 heterocycles. The van der Waals surface area contributed by atoms with Gasteiger partial charge < -0.3 is 15.4 Å². The number of rotatable bonds is 4. The molecule has 0 atom stereocenters. The summed E-state index contributed by atoms with van der Waals surface area (Å²) in [6.45, 7) is 2.66. The number of nitrogens with two attached hydrogens (primary N) is 1. The Labute approximate surface area is 132 Å². The van der Waals surface area contributed by atoms with Gasteiger partial charge in [-0.15, -0.1) is 12.4 Å². The molecule has 0 amide bonds. The standard InChI is InChI=1S/C17H20N2O.ClH/c18-16-9-4-10-17-15(16)8-5-11-19(17)12-13-20-14-6-2-1-3-7-14;/h1-4,6-7,9-10H,5,8,11-13,18H2;1H. The Morgan fingerprint density at radius 2 is 1.86 bits per heavy atom. The quantitative estimate of drug-likeness (QED) is 0.878. The van der Waals surface area contributed by atoms with E-state index in [1.807, 2.05) is 42.5 Å². The molecule has 0 aromatic heterocycles. The number of anilines is 2. The largest absolute Gasteiger partial charge is 0.492 e. The average Bonchev–Trinajstić information content (AvgIpc) is 2.49. The van der Waals surface area contributed by atoms with Gasteiger partial charge in [0, 0.05) is 17.9 Å². The van der Waals surface area contributed by atoms with E-state index in [-0.39, 0.29) is 12.4 Å². The number of nitrogen functional groups attached to an aromatic ring is 1. The molecule has 0 bridgehead atoms. The third kappa shape index (κ3) is 3.61. The van der Waals surface area contributed by atoms with Gasteiger partial charge in [0.2, 0.25) is 0 Å². The van der Waals surface area contributed by atoms with Crippen molar-refractivity contribution in [2.24, 2.45) is 0 Å². The maximum absolute atomic E-state index is 6.07. The molecule has 4 heteroatoms. The first-order chi connectivity index (χ1) is 9.84. The predicted octanol–water partition coefficient (Wildman–Crippen LogP) is 3.52. The summed E-state index contributed by atoms with van der Waals surface area (Å²) in [6, 6.07) is 16.1. The Morgan fingerprint density at radius 1 is 1.05 bits per heavy atom. The van der Waals surface area contributed by atoms with Gasteiger partial charge in [-0.1, -0.05) is 24.3 Å². The summed E-state index contributed by atoms with van der Waals surface area (Å²) in [7, 11) is 0. The van der Waals surface area contributed by atoms with Crippen LogP contribution in [0.15, 0.2) is 48.5 Å². The van der Waals surface area contributed by atoms with Crippen LogP contribution >= 0.6 is 12.4 Å². The van der Waals surface area contributed by atoms with Crippen molar-refractivity contribution in [3.63, 3.8) is 0 Å². The van der Waals surface area contributed by atoms with Crippen LogP contribution in [0, 0.1) is 0 Å². The minimum atomic E-state index is 0. The average molecular weight is 305 g/mol. The molecule has 0 unspecified atom stereocenters. The lowest BCUT2D eigenvalue weighted by Crippen LogP contribution is -2.33. The van der Waals surface area contributed by atoms with Gasteiger partial charge in [0.1, 0.15) is 12.4 Å². The first-order valence-corrected chi connectivity index (χ1v) is 7.15. The summed E-state index contributed by atoms with van der Waals surface area (Å²) in [5, 5.41) is 0. The molecule has 21 heavy (non-hydrogen) atoms. The van der Waals surface area contributed by atoms with E-state index in [0.717, 1.165) is 37.4 Å². The van der Waals surface area contributed by atoms with E-state index < -0.39 is 0 Å². The smallest absolute Gasteiger partial charge is 0.119 e. The number of nitrogens with zero attached hydrogens (tertiary/aromatic N) is 1. The summed E-state index contributed by atoms with van der Waals surface area (Å²) < 4.78 is 5.78. The van der Waals surface area contributed by atoms with Crippen LogP contribution in [-0.4, -0.2) is 19.7 Å². The maximum Gasteiger partial charge on any atom is 0.119 e. The Balaban J connectivity index is 0.00000161. The number of hydrogen-bond donors (Lipinski definition) is 1. The highest BCUT2D eigenvalue weighted by Crippen LogP contribution is 2.30. The molecule has 0 fully saturated rings. The predicted molar refractivity (Wildman–Crippen MR) is 90.6 cm³/mol. The highest BCUT2D eigenvalue weighted by atomic mass is 35.5. The van der Waals surface area contributed by atoms with E-state index in [2.05, 4.69) is 11.0 Å². The van der Waals surface area contributed by atoms with Crippen LogP contribution in [0.4, 0.5) is 11.4 Å². The first kappa shape index (κ1) is 15.5. The molecular weight excluding hydrogens is 284 g/mol. The third-order valence-corrected chi connectivity index (χ3v) is 3.76. The van der Waals surface area contributed by atoms with Crippen LogP contribution < -0.4 is 15.4 Å². The highest BCUT2D eigenvalue weighted by molar-refractivity contribution is 5.85. The van der Waals surface area contributed by atoms with Crippen molar-refractivity contribution in [3.05, 3.63) is 54.1 Å². The van der Waals surface area contributed by atoms with Gasteiger partial charge in [0.15, 0.2) is 0 Å². The molecule has 2 aromatic carbocycles. The molecule has 0 aliphatic carbocycles. The lowest BCUT2D eigenvalue weighted by Gasteiger charge is -2.31. The normalized spacial score (nSPS) is 13.2. The maximum atomic E-state index is 6.07. The van der Waals surface area contributed by atoms with Gasteiger partial charge in [-0.05, 0) is 42.7 Å². The van der Waals surface area contributed by atoms with Crippen molar-refractivity contribution in [2.75, 3.05) is 30.3 Å². The fourth-order valence-electron chi connectivity index (χ4n) is 2.75. The SMILES string of the molecule is Cl.Nc1cccc2c1CCCN2CCOc1ccccc1. The lowest BCUT2D eigenvalue weighted by atomic mass is 10.00. The minimum absolute atomic E-state index is 0. The molecule has 1 aliphatic rings. The Bertz CT molecular complexity index is 574. The van der Waals surface area contributed by atoms with Gasteiger partial charge >= 0.3 is 0 Å². The van der Waals surface area contributed by atoms with Gasteiger partial charge in [-0.3, -0.25) is 0 Å². The summed E-state index contributed by atoms with van der Waals surface area (Å²) in [5.74, 6) is 0.928. The van der Waals surface area contributed by atoms with Gasteiger partial charge in [0.05, 0.1) is 6.54 Å². The second-order valence-corrected chi connectivity index (χ2v) is 5.10. The molecule has 0 radical (unpaired) electrons. The van der Waals surface area contributed by atoms with Crippen molar-refractivity contribution in [2.45, 2.75) is 12.8 Å². The van der Waals surface area contributed by atoms with E-state index >= 15 is 0 Å². The van der Waals surface area contributed by atoms with E-state index in [9.17, 15) is 0 Å². The topological polar surface area (TPSA) is 38.5 Å². The molecule has 2 N–H and O–H groups in total. The molecule has 112 valence electrons. The molecule has 3 rings (SSSR count). The van der Waals surface area contributed by atoms with Crippen LogP contribution in [0.3, 0.4) is 0 Å². The van der Waals surface area contributed by atoms with Gasteiger partial charge in [0.25, 0.3) is 0 Å². The fourth-order valence-corrected chi connectivity index (χ4v) is 2.75. The number of ether oxygens (including phenoxy) is 1. The van der Waals surface area contributed by atoms with Crippen molar-refractivity contribution in [1.29, 1.82) is 0 Å². The molecule has 3 nitrogen and oxygen atoms in total. The zero-order valence-corrected chi connectivity index (χ0v) is 12.8. The van der Waals surface area contributed by atoms with Gasteiger partial charge in [-0.25, -0.2) is 0 Å². The minimum Gasteiger partial charge on any atom is -0.492 e. The fraction of sp³-hybridized carbons (Fsp3) is 0.294. The number of benzene rings is 2. The highest BCUT2D eigenvalue weighted by Gasteiger charge is 2.18. The molecule has 0 spiro atoms. The lowest BCUT2D eigenvalue weighted by molar-refractivity contribution is 0.322. The summed E-state index contributed by atoms with van der Waals surface area (Å²) in [4.78, 5) is 2.37. The summed E-state index contributed by atoms with van der Waals surface area (Å²) in [6.07, 6.45) is 2.24. The van der Waals surface area contributed by atoms with E-state index in [0.29, 0.717) is 6.61 Å². The molecular formula is C17H21ClN2O. The molecule has 2 aromatic rings. The van der Waals surface area contributed by atoms with E-state index in [1.165, 1.54) is 11.3 Å². The third-order valence-electron chi connectivity index (χ3n) is 3.76. The van der Waals surface area contributed by atoms with Gasteiger partial charge in [-0.2, -0.15) is 0 Å². The molecule has 0 saturated heterocycles. The summed E-state index contributed by atoms with van der Waals surface area (Å²) in [5.41, 5.74) is 9.54. The van der Waals surface area contributed by atoms with E-state index in [1.54, 1.807) is 0 Å². The Kier molecular flexibility index (Phi) is 5.34. The number of halogens is 1. The zero-order chi connectivity index (χ0) is 13.8. The van der Waals surface area contributed by atoms with E-state index in [4.69, 9.17) is 10.5 Å². The van der Waals surface area contributed by atoms with Crippen molar-refractivity contribution >= 4 is 23.8 Å². The number of fused-ring (bicyclic) bond motifs is 1. The summed E-state index contributed by atoms with van der Waals surface area (Å²) >= 11 is 0. The van der Waals surface area contributed by atoms with Crippen LogP contribution in [-0.2, 0) is 6.42 Å². The molecule has 1 aliphatic heterocycles. The number of para-hydroxylation sites is 1. The van der Waals surface area contributed by atoms with Crippen molar-refractivity contribution in [3.8, 4) is 5.75 Å². The second-order valence-electron chi connectivity index (χ2n) is 5.10. The van der Waals surface area contributed by atoms with Crippen molar-refractivity contribution < 1.29 is 4.74 Å². The van der Waals surface area contributed by atoms with Crippen molar-refractivity contribution in [1.82, 2.24) is 0 Å². The van der Waals surface area contributed by atoms with Crippen LogP contribution in [0.2, 0.25) is 0 Å². The molecule has 0 saturated carbocycles. The zero-order valence-electron chi connectivity index (χ0n) is 12.0. The Morgan fingerprint density at radius 3 is 2.67 bits per heavy atom. The monoisotopic (exact) mass is 304 g/mol. The Hall–Kier alpha value is -1.87.